The molecule has 0 atom stereocenters. The average molecular weight is 73.1 g/mol. The lowest BCUT2D eigenvalue weighted by molar-refractivity contribution is 0.410. The first-order valence-electron chi connectivity index (χ1n) is 1.18. The van der Waals surface area contributed by atoms with Crippen LogP contribution >= 0.6 is 0 Å². The van der Waals surface area contributed by atoms with Gasteiger partial charge in [-0.05, 0) is 6.08 Å². The molecule has 1 radical (unpaired) electrons. The van der Waals surface area contributed by atoms with Crippen LogP contribution in [0.2, 0.25) is 0 Å². The van der Waals surface area contributed by atoms with E-state index in [1.807, 2.05) is 0 Å². The second-order valence-corrected chi connectivity index (χ2v) is 0.491. The fraction of sp³-hybridized carbons (Fsp3) is 0. The van der Waals surface area contributed by atoms with Crippen LogP contribution in [0.3, 0.4) is 0 Å². The van der Waals surface area contributed by atoms with Crippen molar-refractivity contribution in [3.63, 3.8) is 0 Å². The van der Waals surface area contributed by atoms with Gasteiger partial charge in [-0.15, -0.1) is 0 Å². The van der Waals surface area contributed by atoms with Crippen molar-refractivity contribution in [1.29, 1.82) is 0 Å². The molecular weight excluding hydrogens is 68.0 g/mol. The highest BCUT2D eigenvalue weighted by atomic mass is 16.3. The molecule has 0 heterocycles. The minimum atomic E-state index is 0.750. The van der Waals surface area contributed by atoms with Gasteiger partial charge >= 0.3 is 0 Å². The van der Waals surface area contributed by atoms with Gasteiger partial charge < -0.3 is 10.2 Å². The van der Waals surface area contributed by atoms with Gasteiger partial charge in [-0.1, -0.05) is 0 Å². The van der Waals surface area contributed by atoms with Crippen LogP contribution in [0.25, 0.3) is 0 Å². The highest BCUT2D eigenvalue weighted by Gasteiger charge is 1.56. The van der Waals surface area contributed by atoms with Crippen molar-refractivity contribution in [1.82, 2.24) is 0 Å². The first-order chi connectivity index (χ1) is 2.41. The van der Waals surface area contributed by atoms with Crippen molar-refractivity contribution in [3.8, 4) is 0 Å². The Morgan fingerprint density at radius 3 is 1.80 bits per heavy atom. The molecule has 2 nitrogen and oxygen atoms in total. The van der Waals surface area contributed by atoms with E-state index in [4.69, 9.17) is 10.2 Å². The van der Waals surface area contributed by atoms with Crippen LogP contribution in [0.15, 0.2) is 12.3 Å². The van der Waals surface area contributed by atoms with Crippen LogP contribution in [0.1, 0.15) is 0 Å². The summed E-state index contributed by atoms with van der Waals surface area (Å²) >= 11 is 0. The zero-order valence-corrected chi connectivity index (χ0v) is 2.63. The van der Waals surface area contributed by atoms with Crippen molar-refractivity contribution in [2.45, 2.75) is 0 Å². The molecule has 0 fully saturated rings. The summed E-state index contributed by atoms with van der Waals surface area (Å²) in [5.74, 6) is 0. The molecule has 0 rings (SSSR count). The van der Waals surface area contributed by atoms with Gasteiger partial charge in [0.2, 0.25) is 0 Å². The van der Waals surface area contributed by atoms with Crippen molar-refractivity contribution in [2.75, 3.05) is 0 Å². The molecule has 2 N–H and O–H groups in total. The van der Waals surface area contributed by atoms with E-state index in [9.17, 15) is 0 Å². The van der Waals surface area contributed by atoms with Gasteiger partial charge in [0.25, 0.3) is 0 Å². The molecule has 29 valence electrons. The molecule has 0 aromatic carbocycles. The molecule has 5 heavy (non-hydrogen) atoms. The summed E-state index contributed by atoms with van der Waals surface area (Å²) in [5.41, 5.74) is 0. The van der Waals surface area contributed by atoms with Gasteiger partial charge in [0.1, 0.15) is 6.61 Å². The van der Waals surface area contributed by atoms with E-state index in [1.54, 1.807) is 0 Å². The van der Waals surface area contributed by atoms with Gasteiger partial charge in [-0.2, -0.15) is 0 Å². The Labute approximate surface area is 30.4 Å². The molecule has 0 saturated carbocycles. The molecule has 0 saturated heterocycles. The van der Waals surface area contributed by atoms with Gasteiger partial charge in [0.05, 0.1) is 6.26 Å². The lowest BCUT2D eigenvalue weighted by Crippen LogP contribution is -1.56. The predicted octanol–water partition coefficient (Wildman–Crippen LogP) is 0.592. The number of hydrogen-bond acceptors (Lipinski definition) is 2. The molecule has 0 spiro atoms. The maximum absolute atomic E-state index is 7.69. The van der Waals surface area contributed by atoms with Crippen LogP contribution in [0.4, 0.5) is 0 Å². The molecule has 2 heteroatoms. The third-order valence-corrected chi connectivity index (χ3v) is 0.172. The summed E-state index contributed by atoms with van der Waals surface area (Å²) in [5, 5.41) is 15.4. The Balaban J connectivity index is 2.62. The normalized spacial score (nSPS) is 9.80. The Hall–Kier alpha value is -0.500. The lowest BCUT2D eigenvalue weighted by Gasteiger charge is -1.65. The maximum Gasteiger partial charge on any atom is 0.105 e. The number of hydrogen-bond donors (Lipinski definition) is 2. The zero-order chi connectivity index (χ0) is 4.12. The second-order valence-electron chi connectivity index (χ2n) is 0.491. The first-order valence-corrected chi connectivity index (χ1v) is 1.18. The second kappa shape index (κ2) is 3.50. The van der Waals surface area contributed by atoms with E-state index in [1.165, 1.54) is 0 Å². The monoisotopic (exact) mass is 73.0 g/mol. The molecule has 0 amide bonds. The summed E-state index contributed by atoms with van der Waals surface area (Å²) in [6.45, 7) is 0.750. The summed E-state index contributed by atoms with van der Waals surface area (Å²) in [7, 11) is 0. The van der Waals surface area contributed by atoms with E-state index in [0.717, 1.165) is 18.9 Å². The van der Waals surface area contributed by atoms with Crippen LogP contribution in [-0.4, -0.2) is 10.2 Å². The molecule has 0 aromatic heterocycles. The van der Waals surface area contributed by atoms with Crippen LogP contribution < -0.4 is 0 Å². The zero-order valence-electron chi connectivity index (χ0n) is 2.63. The van der Waals surface area contributed by atoms with E-state index >= 15 is 0 Å². The Bertz CT molecular complexity index is 31.9. The topological polar surface area (TPSA) is 40.5 Å². The first kappa shape index (κ1) is 4.50. The standard InChI is InChI=1S/C3H5O2/c4-2-1-3-5/h1-5H/b2-1+. The fourth-order valence-electron chi connectivity index (χ4n) is 0.0385. The quantitative estimate of drug-likeness (QED) is 0.446. The van der Waals surface area contributed by atoms with Gasteiger partial charge in [-0.3, -0.25) is 0 Å². The highest BCUT2D eigenvalue weighted by molar-refractivity contribution is 4.78. The van der Waals surface area contributed by atoms with E-state index in [0.29, 0.717) is 0 Å². The molecule has 0 unspecified atom stereocenters. The summed E-state index contributed by atoms with van der Waals surface area (Å²) in [6, 6.07) is 0. The Kier molecular flexibility index (Phi) is 3.15. The third kappa shape index (κ3) is 3.50. The Morgan fingerprint density at radius 2 is 1.80 bits per heavy atom. The summed E-state index contributed by atoms with van der Waals surface area (Å²) in [4.78, 5) is 0. The fourth-order valence-corrected chi connectivity index (χ4v) is 0.0385. The SMILES string of the molecule is O[CH]/C=C/O. The predicted molar refractivity (Wildman–Crippen MR) is 18.0 cm³/mol. The van der Waals surface area contributed by atoms with Gasteiger partial charge in [0.15, 0.2) is 0 Å². The average Bonchev–Trinajstić information content (AvgIpc) is 1.41. The van der Waals surface area contributed by atoms with E-state index < -0.39 is 0 Å². The highest BCUT2D eigenvalue weighted by Crippen LogP contribution is 1.64. The maximum atomic E-state index is 7.69. The summed E-state index contributed by atoms with van der Waals surface area (Å²) < 4.78 is 0. The number of aliphatic hydroxyl groups excluding tert-OH is 2. The van der Waals surface area contributed by atoms with Gasteiger partial charge in [0, 0.05) is 0 Å². The van der Waals surface area contributed by atoms with E-state index in [-0.39, 0.29) is 0 Å². The van der Waals surface area contributed by atoms with Crippen molar-refractivity contribution < 1.29 is 10.2 Å². The molecule has 0 aliphatic heterocycles. The van der Waals surface area contributed by atoms with E-state index in [2.05, 4.69) is 0 Å². The Morgan fingerprint density at radius 1 is 1.20 bits per heavy atom. The van der Waals surface area contributed by atoms with Crippen LogP contribution in [0.5, 0.6) is 0 Å². The molecule has 0 aromatic rings. The number of aliphatic hydroxyl groups is 2. The summed E-state index contributed by atoms with van der Waals surface area (Å²) in [6.07, 6.45) is 1.86. The minimum Gasteiger partial charge on any atom is -0.516 e. The molecule has 0 aliphatic carbocycles. The third-order valence-electron chi connectivity index (χ3n) is 0.172. The van der Waals surface area contributed by atoms with Crippen LogP contribution in [0, 0.1) is 6.61 Å². The molecular formula is C3H5O2. The minimum absolute atomic E-state index is 0.750. The molecule has 0 bridgehead atoms. The van der Waals surface area contributed by atoms with Crippen LogP contribution in [-0.2, 0) is 0 Å². The van der Waals surface area contributed by atoms with Crippen molar-refractivity contribution >= 4 is 0 Å². The lowest BCUT2D eigenvalue weighted by atomic mass is 10.7. The largest absolute Gasteiger partial charge is 0.516 e. The molecule has 0 aliphatic rings. The number of rotatable bonds is 1. The van der Waals surface area contributed by atoms with Gasteiger partial charge in [-0.25, -0.2) is 0 Å². The van der Waals surface area contributed by atoms with Crippen molar-refractivity contribution in [3.05, 3.63) is 18.9 Å². The van der Waals surface area contributed by atoms with Crippen molar-refractivity contribution in [2.24, 2.45) is 0 Å². The smallest absolute Gasteiger partial charge is 0.105 e.